The summed E-state index contributed by atoms with van der Waals surface area (Å²) >= 11 is 12.4. The summed E-state index contributed by atoms with van der Waals surface area (Å²) in [4.78, 5) is 45.6. The number of ketones is 1. The van der Waals surface area contributed by atoms with E-state index in [4.69, 9.17) is 27.9 Å². The first-order valence-electron chi connectivity index (χ1n) is 13.3. The van der Waals surface area contributed by atoms with Crippen LogP contribution in [0.1, 0.15) is 29.8 Å². The summed E-state index contributed by atoms with van der Waals surface area (Å²) in [6.07, 6.45) is 2.63. The van der Waals surface area contributed by atoms with Gasteiger partial charge in [-0.25, -0.2) is 4.99 Å². The van der Waals surface area contributed by atoms with E-state index in [1.165, 1.54) is 12.2 Å². The quantitative estimate of drug-likeness (QED) is 0.268. The fraction of sp³-hybridized carbons (Fsp3) is 0.188. The van der Waals surface area contributed by atoms with E-state index < -0.39 is 17.6 Å². The highest BCUT2D eigenvalue weighted by atomic mass is 35.5. The van der Waals surface area contributed by atoms with E-state index in [2.05, 4.69) is 34.4 Å². The second-order valence-corrected chi connectivity index (χ2v) is 10.2. The van der Waals surface area contributed by atoms with Gasteiger partial charge in [0, 0.05) is 24.9 Å². The molecular formula is C32H30Cl2N4O4. The van der Waals surface area contributed by atoms with Crippen molar-refractivity contribution in [2.45, 2.75) is 20.8 Å². The van der Waals surface area contributed by atoms with Gasteiger partial charge in [0.05, 0.1) is 38.4 Å². The number of aliphatic imine (C=N–C) groups is 1. The van der Waals surface area contributed by atoms with Crippen LogP contribution < -0.4 is 20.3 Å². The first kappa shape index (κ1) is 30.6. The molecule has 42 heavy (non-hydrogen) atoms. The van der Waals surface area contributed by atoms with Gasteiger partial charge in [-0.05, 0) is 80.9 Å². The summed E-state index contributed by atoms with van der Waals surface area (Å²) < 4.78 is 5.58. The van der Waals surface area contributed by atoms with Crippen molar-refractivity contribution in [3.63, 3.8) is 0 Å². The molecule has 0 spiro atoms. The second kappa shape index (κ2) is 14.0. The number of carbonyl (C=O) groups excluding carboxylic acids is 3. The topological polar surface area (TPSA) is 100 Å². The van der Waals surface area contributed by atoms with Crippen molar-refractivity contribution < 1.29 is 19.1 Å². The van der Waals surface area contributed by atoms with E-state index in [9.17, 15) is 14.4 Å². The van der Waals surface area contributed by atoms with Gasteiger partial charge in [-0.15, -0.1) is 0 Å². The first-order chi connectivity index (χ1) is 20.2. The van der Waals surface area contributed by atoms with Crippen LogP contribution in [-0.4, -0.2) is 43.0 Å². The number of hydrogen-bond donors (Lipinski definition) is 2. The van der Waals surface area contributed by atoms with E-state index in [1.54, 1.807) is 36.4 Å². The summed E-state index contributed by atoms with van der Waals surface area (Å²) in [6, 6.07) is 19.3. The maximum atomic E-state index is 13.0. The predicted octanol–water partition coefficient (Wildman–Crippen LogP) is 6.20. The molecule has 8 nitrogen and oxygen atoms in total. The summed E-state index contributed by atoms with van der Waals surface area (Å²) in [7, 11) is 0. The van der Waals surface area contributed by atoms with Crippen molar-refractivity contribution in [3.8, 4) is 5.75 Å². The fourth-order valence-electron chi connectivity index (χ4n) is 4.21. The molecule has 2 N–H and O–H groups in total. The minimum Gasteiger partial charge on any atom is -0.482 e. The molecule has 2 amide bonds. The van der Waals surface area contributed by atoms with E-state index in [-0.39, 0.29) is 34.3 Å². The lowest BCUT2D eigenvalue weighted by molar-refractivity contribution is -0.122. The summed E-state index contributed by atoms with van der Waals surface area (Å²) in [5, 5.41) is 5.95. The number of rotatable bonds is 10. The minimum absolute atomic E-state index is 0.0147. The average molecular weight is 606 g/mol. The van der Waals surface area contributed by atoms with Gasteiger partial charge in [-0.2, -0.15) is 0 Å². The van der Waals surface area contributed by atoms with E-state index >= 15 is 0 Å². The second-order valence-electron chi connectivity index (χ2n) is 9.37. The molecule has 0 radical (unpaired) electrons. The lowest BCUT2D eigenvalue weighted by atomic mass is 10.0. The van der Waals surface area contributed by atoms with Gasteiger partial charge >= 0.3 is 0 Å². The Bertz CT molecular complexity index is 1590. The Morgan fingerprint density at radius 1 is 0.881 bits per heavy atom. The zero-order chi connectivity index (χ0) is 30.2. The Morgan fingerprint density at radius 2 is 1.60 bits per heavy atom. The zero-order valence-electron chi connectivity index (χ0n) is 23.4. The number of amides is 2. The summed E-state index contributed by atoms with van der Waals surface area (Å²) in [5.74, 6) is -1.23. The van der Waals surface area contributed by atoms with Crippen molar-refractivity contribution in [1.29, 1.82) is 0 Å². The molecule has 0 fully saturated rings. The molecule has 0 saturated heterocycles. The van der Waals surface area contributed by atoms with Gasteiger partial charge in [0.25, 0.3) is 11.8 Å². The molecule has 10 heteroatoms. The number of aryl methyl sites for hydroxylation is 1. The zero-order valence-corrected chi connectivity index (χ0v) is 24.9. The molecule has 0 atom stereocenters. The van der Waals surface area contributed by atoms with E-state index in [1.807, 2.05) is 37.3 Å². The van der Waals surface area contributed by atoms with Crippen molar-refractivity contribution in [1.82, 2.24) is 10.6 Å². The third kappa shape index (κ3) is 7.66. The summed E-state index contributed by atoms with van der Waals surface area (Å²) in [5.41, 5.74) is 3.21. The molecule has 0 unspecified atom stereocenters. The van der Waals surface area contributed by atoms with Crippen LogP contribution in [0.3, 0.4) is 0 Å². The molecule has 3 aromatic carbocycles. The van der Waals surface area contributed by atoms with Crippen LogP contribution in [0.4, 0.5) is 11.4 Å². The van der Waals surface area contributed by atoms with Gasteiger partial charge in [0.15, 0.2) is 6.61 Å². The molecule has 0 saturated carbocycles. The Labute approximate surface area is 254 Å². The number of nitrogens with one attached hydrogen (secondary N) is 2. The standard InChI is InChI=1S/C32H30Cl2N4O4/c1-4-38(5-2)22-13-11-21(12-14-22)35-26-17-28(37-32(41)23-8-6-7-9-24(23)33)29(39)18-27(26)36-31(40)19-42-30-15-10-20(3)16-25(30)34/h6-18H,4-5,19H2,1-3H3,(H,36,40)(H,37,41). The van der Waals surface area contributed by atoms with Crippen molar-refractivity contribution in [3.05, 3.63) is 111 Å². The highest BCUT2D eigenvalue weighted by Gasteiger charge is 2.23. The Hall–Kier alpha value is -4.40. The molecule has 0 aromatic heterocycles. The largest absolute Gasteiger partial charge is 0.482 e. The maximum absolute atomic E-state index is 13.0. The smallest absolute Gasteiger partial charge is 0.262 e. The monoisotopic (exact) mass is 604 g/mol. The third-order valence-electron chi connectivity index (χ3n) is 6.41. The number of benzene rings is 3. The molecule has 4 rings (SSSR count). The highest BCUT2D eigenvalue weighted by Crippen LogP contribution is 2.25. The fourth-order valence-corrected chi connectivity index (χ4v) is 4.72. The van der Waals surface area contributed by atoms with Gasteiger partial charge < -0.3 is 20.3 Å². The Morgan fingerprint density at radius 3 is 2.26 bits per heavy atom. The number of hydrogen-bond acceptors (Lipinski definition) is 6. The summed E-state index contributed by atoms with van der Waals surface area (Å²) in [6.45, 7) is 7.43. The number of ether oxygens (including phenoxy) is 1. The molecule has 1 aliphatic rings. The number of anilines is 1. The molecule has 0 heterocycles. The predicted molar refractivity (Wildman–Crippen MR) is 167 cm³/mol. The van der Waals surface area contributed by atoms with Gasteiger partial charge in [0.2, 0.25) is 5.78 Å². The van der Waals surface area contributed by atoms with Gasteiger partial charge in [-0.3, -0.25) is 14.4 Å². The molecule has 0 aliphatic heterocycles. The van der Waals surface area contributed by atoms with Gasteiger partial charge in [-0.1, -0.05) is 41.4 Å². The van der Waals surface area contributed by atoms with Crippen LogP contribution in [-0.2, 0) is 9.59 Å². The number of allylic oxidation sites excluding steroid dienone is 2. The van der Waals surface area contributed by atoms with E-state index in [0.717, 1.165) is 24.3 Å². The SMILES string of the molecule is CCN(CC)c1ccc(N=C2C=C(NC(=O)c3ccccc3Cl)C(=O)C=C2NC(=O)COc2ccc(C)cc2Cl)cc1. The van der Waals surface area contributed by atoms with Gasteiger partial charge in [0.1, 0.15) is 5.75 Å². The third-order valence-corrected chi connectivity index (χ3v) is 7.04. The van der Waals surface area contributed by atoms with Crippen molar-refractivity contribution in [2.24, 2.45) is 4.99 Å². The molecular weight excluding hydrogens is 575 g/mol. The van der Waals surface area contributed by atoms with Crippen LogP contribution in [0, 0.1) is 6.92 Å². The average Bonchev–Trinajstić information content (AvgIpc) is 2.96. The molecule has 216 valence electrons. The normalized spacial score (nSPS) is 13.7. The van der Waals surface area contributed by atoms with Crippen LogP contribution in [0.5, 0.6) is 5.75 Å². The Balaban J connectivity index is 1.59. The van der Waals surface area contributed by atoms with Crippen LogP contribution in [0.25, 0.3) is 0 Å². The minimum atomic E-state index is -0.549. The number of carbonyl (C=O) groups is 3. The first-order valence-corrected chi connectivity index (χ1v) is 14.1. The maximum Gasteiger partial charge on any atom is 0.262 e. The van der Waals surface area contributed by atoms with Crippen LogP contribution in [0.2, 0.25) is 10.0 Å². The lowest BCUT2D eigenvalue weighted by Crippen LogP contribution is -2.36. The molecule has 3 aromatic rings. The van der Waals surface area contributed by atoms with Crippen molar-refractivity contribution >= 4 is 57.9 Å². The van der Waals surface area contributed by atoms with Crippen LogP contribution >= 0.6 is 23.2 Å². The van der Waals surface area contributed by atoms with Crippen LogP contribution in [0.15, 0.2) is 95.3 Å². The molecule has 0 bridgehead atoms. The Kier molecular flexibility index (Phi) is 10.2. The number of halogens is 2. The lowest BCUT2D eigenvalue weighted by Gasteiger charge is -2.21. The molecule has 1 aliphatic carbocycles. The van der Waals surface area contributed by atoms with Crippen molar-refractivity contribution in [2.75, 3.05) is 24.6 Å². The number of nitrogens with zero attached hydrogens (tertiary/aromatic N) is 2. The van der Waals surface area contributed by atoms with E-state index in [0.29, 0.717) is 16.5 Å². The highest BCUT2D eigenvalue weighted by molar-refractivity contribution is 6.34.